The molecule has 10 heteroatoms. The number of carbonyl (C=O) groups is 1. The normalized spacial score (nSPS) is 11.9. The highest BCUT2D eigenvalue weighted by Crippen LogP contribution is 2.38. The van der Waals surface area contributed by atoms with Gasteiger partial charge < -0.3 is 16.2 Å². The van der Waals surface area contributed by atoms with Gasteiger partial charge in [0.1, 0.15) is 0 Å². The van der Waals surface area contributed by atoms with Crippen molar-refractivity contribution in [1.29, 1.82) is 0 Å². The van der Waals surface area contributed by atoms with Crippen LogP contribution >= 0.6 is 0 Å². The molecule has 5 rings (SSSR count). The Balaban J connectivity index is 1.62. The van der Waals surface area contributed by atoms with Crippen molar-refractivity contribution in [2.45, 2.75) is 20.0 Å². The molecule has 5 N–H and O–H groups in total. The van der Waals surface area contributed by atoms with E-state index in [2.05, 4.69) is 30.1 Å². The number of nitrogen functional groups attached to an aromatic ring is 1. The third-order valence-corrected chi connectivity index (χ3v) is 5.63. The van der Waals surface area contributed by atoms with Crippen LogP contribution in [0.4, 0.5) is 5.69 Å². The third kappa shape index (κ3) is 4.12. The molecule has 0 aliphatic rings. The molecule has 0 bridgehead atoms. The van der Waals surface area contributed by atoms with E-state index in [1.807, 2.05) is 26.0 Å². The Morgan fingerprint density at radius 2 is 1.86 bits per heavy atom. The highest BCUT2D eigenvalue weighted by molar-refractivity contribution is 6.05. The molecule has 35 heavy (non-hydrogen) atoms. The van der Waals surface area contributed by atoms with Gasteiger partial charge in [-0.3, -0.25) is 9.89 Å². The number of aromatic nitrogens is 6. The number of primary amides is 1. The van der Waals surface area contributed by atoms with Crippen LogP contribution in [0.1, 0.15) is 34.9 Å². The molecular formula is C25H22N8O2. The summed E-state index contributed by atoms with van der Waals surface area (Å²) in [6, 6.07) is 12.7. The molecule has 1 amide bonds. The van der Waals surface area contributed by atoms with Crippen LogP contribution in [0, 0.1) is 6.92 Å². The number of fused-ring (bicyclic) bond motifs is 1. The maximum atomic E-state index is 12.3. The summed E-state index contributed by atoms with van der Waals surface area (Å²) in [5, 5.41) is 7.98. The predicted molar refractivity (Wildman–Crippen MR) is 131 cm³/mol. The number of rotatable bonds is 6. The van der Waals surface area contributed by atoms with Gasteiger partial charge in [-0.15, -0.1) is 0 Å². The average molecular weight is 467 g/mol. The number of H-pyrrole nitrogens is 1. The molecule has 0 saturated carbocycles. The summed E-state index contributed by atoms with van der Waals surface area (Å²) in [6.45, 7) is 3.80. The zero-order valence-electron chi connectivity index (χ0n) is 19.1. The molecule has 174 valence electrons. The van der Waals surface area contributed by atoms with Crippen LogP contribution in [0.3, 0.4) is 0 Å². The Bertz CT molecular complexity index is 1550. The molecule has 4 aromatic heterocycles. The summed E-state index contributed by atoms with van der Waals surface area (Å²) >= 11 is 0. The molecular weight excluding hydrogens is 444 g/mol. The second kappa shape index (κ2) is 8.82. The van der Waals surface area contributed by atoms with E-state index in [1.165, 1.54) is 0 Å². The topological polar surface area (TPSA) is 159 Å². The third-order valence-electron chi connectivity index (χ3n) is 5.63. The Morgan fingerprint density at radius 1 is 1.06 bits per heavy atom. The molecule has 0 radical (unpaired) electrons. The number of ether oxygens (including phenoxy) is 1. The number of amides is 1. The lowest BCUT2D eigenvalue weighted by Crippen LogP contribution is -2.17. The van der Waals surface area contributed by atoms with Crippen molar-refractivity contribution >= 4 is 22.5 Å². The predicted octanol–water partition coefficient (Wildman–Crippen LogP) is 3.61. The zero-order valence-corrected chi connectivity index (χ0v) is 19.1. The molecule has 0 spiro atoms. The number of benzene rings is 1. The molecule has 0 unspecified atom stereocenters. The summed E-state index contributed by atoms with van der Waals surface area (Å²) in [6.07, 6.45) is 4.61. The van der Waals surface area contributed by atoms with Crippen molar-refractivity contribution < 1.29 is 9.53 Å². The number of carbonyl (C=O) groups excluding carboxylic acids is 1. The van der Waals surface area contributed by atoms with Gasteiger partial charge >= 0.3 is 0 Å². The number of anilines is 1. The van der Waals surface area contributed by atoms with Gasteiger partial charge in [0.2, 0.25) is 5.88 Å². The molecule has 0 aliphatic carbocycles. The Kier molecular flexibility index (Phi) is 5.54. The van der Waals surface area contributed by atoms with Crippen LogP contribution in [0.2, 0.25) is 0 Å². The highest BCUT2D eigenvalue weighted by Gasteiger charge is 2.21. The van der Waals surface area contributed by atoms with E-state index in [0.717, 1.165) is 22.0 Å². The molecule has 10 nitrogen and oxygen atoms in total. The maximum absolute atomic E-state index is 12.3. The number of nitrogens with one attached hydrogen (secondary N) is 1. The smallest absolute Gasteiger partial charge is 0.269 e. The van der Waals surface area contributed by atoms with Gasteiger partial charge in [-0.2, -0.15) is 5.10 Å². The standard InChI is InChI=1S/C25H22N8O2/c1-13-7-8-17-16(12-30-33-17)21(13)15-11-19(32-23(22(15)26)24(27)34)18-5-3-6-20(31-18)35-14(2)25-28-9-4-10-29-25/h3-12,14H,26H2,1-2H3,(H2,27,34)(H,30,33)/t14-/m1/s1. The largest absolute Gasteiger partial charge is 0.466 e. The molecule has 5 aromatic rings. The fourth-order valence-corrected chi connectivity index (χ4v) is 3.94. The average Bonchev–Trinajstić information content (AvgIpc) is 3.34. The molecule has 4 heterocycles. The minimum atomic E-state index is -0.732. The van der Waals surface area contributed by atoms with Crippen molar-refractivity contribution in [3.8, 4) is 28.4 Å². The first-order chi connectivity index (χ1) is 16.9. The molecule has 0 aliphatic heterocycles. The van der Waals surface area contributed by atoms with Crippen LogP contribution in [-0.4, -0.2) is 36.0 Å². The van der Waals surface area contributed by atoms with Crippen LogP contribution in [0.25, 0.3) is 33.4 Å². The lowest BCUT2D eigenvalue weighted by Gasteiger charge is -2.16. The fourth-order valence-electron chi connectivity index (χ4n) is 3.94. The monoisotopic (exact) mass is 466 g/mol. The first-order valence-corrected chi connectivity index (χ1v) is 10.9. The second-order valence-corrected chi connectivity index (χ2v) is 8.00. The summed E-state index contributed by atoms with van der Waals surface area (Å²) in [5.74, 6) is 0.161. The zero-order chi connectivity index (χ0) is 24.5. The summed E-state index contributed by atoms with van der Waals surface area (Å²) in [7, 11) is 0. The summed E-state index contributed by atoms with van der Waals surface area (Å²) in [4.78, 5) is 29.7. The van der Waals surface area contributed by atoms with Crippen LogP contribution < -0.4 is 16.2 Å². The molecule has 0 saturated heterocycles. The second-order valence-electron chi connectivity index (χ2n) is 8.00. The lowest BCUT2D eigenvalue weighted by molar-refractivity contribution is 0.0996. The van der Waals surface area contributed by atoms with Crippen molar-refractivity contribution in [1.82, 2.24) is 30.1 Å². The van der Waals surface area contributed by atoms with Crippen molar-refractivity contribution in [3.05, 3.63) is 78.1 Å². The molecule has 1 atom stereocenters. The Morgan fingerprint density at radius 3 is 2.63 bits per heavy atom. The van der Waals surface area contributed by atoms with Gasteiger partial charge in [-0.1, -0.05) is 12.1 Å². The number of aromatic amines is 1. The number of nitrogens with zero attached hydrogens (tertiary/aromatic N) is 5. The summed E-state index contributed by atoms with van der Waals surface area (Å²) in [5.41, 5.74) is 16.4. The van der Waals surface area contributed by atoms with Crippen LogP contribution in [0.5, 0.6) is 5.88 Å². The number of hydrogen-bond acceptors (Lipinski definition) is 8. The lowest BCUT2D eigenvalue weighted by atomic mass is 9.94. The minimum absolute atomic E-state index is 0.0310. The van der Waals surface area contributed by atoms with Crippen LogP contribution in [0.15, 0.2) is 61.1 Å². The van der Waals surface area contributed by atoms with Crippen molar-refractivity contribution in [3.63, 3.8) is 0 Å². The van der Waals surface area contributed by atoms with E-state index in [0.29, 0.717) is 28.7 Å². The van der Waals surface area contributed by atoms with E-state index >= 15 is 0 Å². The highest BCUT2D eigenvalue weighted by atomic mass is 16.5. The Labute approximate surface area is 200 Å². The van der Waals surface area contributed by atoms with Gasteiger partial charge in [0.15, 0.2) is 17.6 Å². The molecule has 0 fully saturated rings. The van der Waals surface area contributed by atoms with Crippen molar-refractivity contribution in [2.24, 2.45) is 5.73 Å². The maximum Gasteiger partial charge on any atom is 0.269 e. The Hall–Kier alpha value is -4.86. The van der Waals surface area contributed by atoms with E-state index in [-0.39, 0.29) is 11.4 Å². The summed E-state index contributed by atoms with van der Waals surface area (Å²) < 4.78 is 5.95. The van der Waals surface area contributed by atoms with Crippen molar-refractivity contribution in [2.75, 3.05) is 5.73 Å². The fraction of sp³-hybridized carbons (Fsp3) is 0.120. The number of nitrogens with two attached hydrogens (primary N) is 2. The minimum Gasteiger partial charge on any atom is -0.466 e. The quantitative estimate of drug-likeness (QED) is 0.342. The number of pyridine rings is 2. The van der Waals surface area contributed by atoms with E-state index < -0.39 is 12.0 Å². The van der Waals surface area contributed by atoms with Gasteiger partial charge in [0.05, 0.1) is 28.8 Å². The van der Waals surface area contributed by atoms with Gasteiger partial charge in [-0.25, -0.2) is 19.9 Å². The SMILES string of the molecule is Cc1ccc2[nH]ncc2c1-c1cc(-c2cccc(O[C@H](C)c3ncccn3)n2)nc(C(N)=O)c1N. The van der Waals surface area contributed by atoms with Gasteiger partial charge in [0, 0.05) is 29.4 Å². The van der Waals surface area contributed by atoms with Crippen LogP contribution in [-0.2, 0) is 0 Å². The van der Waals surface area contributed by atoms with E-state index in [4.69, 9.17) is 16.2 Å². The number of aryl methyl sites for hydroxylation is 1. The molecule has 1 aromatic carbocycles. The van der Waals surface area contributed by atoms with Gasteiger partial charge in [-0.05, 0) is 49.2 Å². The van der Waals surface area contributed by atoms with E-state index in [1.54, 1.807) is 48.9 Å². The number of hydrogen-bond donors (Lipinski definition) is 3. The first-order valence-electron chi connectivity index (χ1n) is 10.9. The van der Waals surface area contributed by atoms with E-state index in [9.17, 15) is 4.79 Å². The van der Waals surface area contributed by atoms with Gasteiger partial charge in [0.25, 0.3) is 5.91 Å². The first kappa shape index (κ1) is 22.0.